The topological polar surface area (TPSA) is 83.4 Å². The van der Waals surface area contributed by atoms with E-state index < -0.39 is 12.1 Å². The van der Waals surface area contributed by atoms with Crippen LogP contribution in [0.4, 0.5) is 13.2 Å². The molecule has 1 amide bonds. The second-order valence-electron chi connectivity index (χ2n) is 8.43. The average molecular weight is 616 g/mol. The normalized spacial score (nSPS) is 12.8. The number of H-pyrrole nitrogens is 1. The zero-order valence-corrected chi connectivity index (χ0v) is 23.6. The number of thiazole rings is 1. The van der Waals surface area contributed by atoms with Gasteiger partial charge in [0.25, 0.3) is 4.34 Å². The van der Waals surface area contributed by atoms with Gasteiger partial charge in [0.05, 0.1) is 5.75 Å². The molecule has 0 saturated carbocycles. The van der Waals surface area contributed by atoms with Gasteiger partial charge in [0.1, 0.15) is 10.7 Å². The van der Waals surface area contributed by atoms with Crippen LogP contribution in [0.25, 0.3) is 10.2 Å². The number of aliphatic carboxylic acids is 1. The summed E-state index contributed by atoms with van der Waals surface area (Å²) in [5, 5.41) is 13.4. The van der Waals surface area contributed by atoms with Crippen molar-refractivity contribution in [1.82, 2.24) is 5.32 Å². The monoisotopic (exact) mass is 614 g/mol. The number of carboxylic acid groups (broad SMARTS) is 1. The van der Waals surface area contributed by atoms with Gasteiger partial charge in [0.15, 0.2) is 0 Å². The second-order valence-corrected chi connectivity index (χ2v) is 11.6. The standard InChI is InChI=1S/C25H22Cl2N2OS2.C2HF3O2/c1-16(28-24(30)15-31-25-29-22-4-2-3-5-23(22)32-25)21(18-8-12-20(27)13-9-18)14-17-6-10-19(26)11-7-17;3-2(4,5)1(6)7/h2-13,16,21H,14-15H2,1H3,(H,28,30);(H,6,7)/t16-,21+;/m1./s1. The molecule has 0 radical (unpaired) electrons. The number of hydrogen-bond acceptors (Lipinski definition) is 5. The molecule has 0 aliphatic heterocycles. The van der Waals surface area contributed by atoms with Crippen LogP contribution in [0.1, 0.15) is 24.0 Å². The molecule has 0 fully saturated rings. The van der Waals surface area contributed by atoms with Gasteiger partial charge in [-0.15, -0.1) is 0 Å². The number of fused-ring (bicyclic) bond motifs is 1. The minimum atomic E-state index is -5.19. The molecule has 4 rings (SSSR count). The number of hydrogen-bond donors (Lipinski definition) is 1. The van der Waals surface area contributed by atoms with Gasteiger partial charge in [-0.3, -0.25) is 4.79 Å². The molecule has 0 aliphatic rings. The Morgan fingerprint density at radius 1 is 1.00 bits per heavy atom. The summed E-state index contributed by atoms with van der Waals surface area (Å²) >= 11 is 15.3. The first-order chi connectivity index (χ1) is 18.4. The van der Waals surface area contributed by atoms with Crippen molar-refractivity contribution in [2.24, 2.45) is 0 Å². The van der Waals surface area contributed by atoms with E-state index in [1.165, 1.54) is 22.0 Å². The van der Waals surface area contributed by atoms with Crippen LogP contribution in [0, 0.1) is 0 Å². The fourth-order valence-corrected chi connectivity index (χ4v) is 5.85. The highest BCUT2D eigenvalue weighted by Crippen LogP contribution is 2.28. The summed E-state index contributed by atoms with van der Waals surface area (Å²) in [5.74, 6) is -2.52. The van der Waals surface area contributed by atoms with Crippen molar-refractivity contribution in [3.8, 4) is 0 Å². The summed E-state index contributed by atoms with van der Waals surface area (Å²) < 4.78 is 33.8. The van der Waals surface area contributed by atoms with Crippen molar-refractivity contribution < 1.29 is 32.9 Å². The van der Waals surface area contributed by atoms with Crippen molar-refractivity contribution in [1.29, 1.82) is 0 Å². The Kier molecular flexibility index (Phi) is 11.1. The zero-order chi connectivity index (χ0) is 28.6. The maximum Gasteiger partial charge on any atom is 0.430 e. The maximum absolute atomic E-state index is 12.7. The van der Waals surface area contributed by atoms with Crippen LogP contribution in [0.2, 0.25) is 10.0 Å². The SMILES string of the molecule is C[C@@H](NC(=O)CSc1[nH+]c2ccccc2s1)[C@H](Cc1ccc(Cl)cc1)c1ccc(Cl)cc1.O=C([O-])C(F)(F)F. The number of benzene rings is 3. The van der Waals surface area contributed by atoms with E-state index in [1.807, 2.05) is 66.7 Å². The van der Waals surface area contributed by atoms with E-state index >= 15 is 0 Å². The number of carbonyl (C=O) groups excluding carboxylic acids is 2. The van der Waals surface area contributed by atoms with E-state index in [-0.39, 0.29) is 17.9 Å². The van der Waals surface area contributed by atoms with Crippen molar-refractivity contribution in [3.05, 3.63) is 94.0 Å². The first kappa shape index (κ1) is 30.7. The molecule has 0 spiro atoms. The number of aromatic nitrogens is 1. The first-order valence-corrected chi connectivity index (χ1v) is 14.1. The van der Waals surface area contributed by atoms with Gasteiger partial charge >= 0.3 is 6.18 Å². The lowest BCUT2D eigenvalue weighted by Gasteiger charge is -2.26. The molecular formula is C27H23Cl2F3N2O3S2. The van der Waals surface area contributed by atoms with Crippen LogP contribution in [0.3, 0.4) is 0 Å². The van der Waals surface area contributed by atoms with E-state index in [4.69, 9.17) is 33.1 Å². The van der Waals surface area contributed by atoms with E-state index in [2.05, 4.69) is 23.3 Å². The molecule has 5 nitrogen and oxygen atoms in total. The number of rotatable bonds is 8. The molecular weight excluding hydrogens is 592 g/mol. The summed E-state index contributed by atoms with van der Waals surface area (Å²) in [6.07, 6.45) is -4.41. The van der Waals surface area contributed by atoms with Gasteiger partial charge in [-0.1, -0.05) is 70.9 Å². The van der Waals surface area contributed by atoms with Crippen molar-refractivity contribution in [2.75, 3.05) is 5.75 Å². The number of aromatic amines is 1. The van der Waals surface area contributed by atoms with Crippen LogP contribution >= 0.6 is 46.3 Å². The molecule has 3 aromatic carbocycles. The van der Waals surface area contributed by atoms with Gasteiger partial charge in [0, 0.05) is 28.1 Å². The van der Waals surface area contributed by atoms with Gasteiger partial charge < -0.3 is 15.2 Å². The van der Waals surface area contributed by atoms with Gasteiger partial charge in [-0.25, -0.2) is 0 Å². The number of alkyl halides is 3. The minimum absolute atomic E-state index is 0.0171. The molecule has 0 unspecified atom stereocenters. The molecule has 0 bridgehead atoms. The molecule has 39 heavy (non-hydrogen) atoms. The van der Waals surface area contributed by atoms with Crippen molar-refractivity contribution in [2.45, 2.75) is 35.8 Å². The summed E-state index contributed by atoms with van der Waals surface area (Å²) in [6.45, 7) is 2.06. The molecule has 2 N–H and O–H groups in total. The molecule has 1 heterocycles. The number of thioether (sulfide) groups is 1. The van der Waals surface area contributed by atoms with Gasteiger partial charge in [-0.2, -0.15) is 18.2 Å². The third kappa shape index (κ3) is 9.72. The number of carboxylic acids is 1. The number of halogens is 5. The molecule has 0 saturated heterocycles. The number of para-hydroxylation sites is 1. The lowest BCUT2D eigenvalue weighted by Crippen LogP contribution is -2.39. The van der Waals surface area contributed by atoms with Crippen LogP contribution in [-0.4, -0.2) is 29.8 Å². The predicted molar refractivity (Wildman–Crippen MR) is 147 cm³/mol. The third-order valence-corrected chi connectivity index (χ3v) is 8.29. The highest BCUT2D eigenvalue weighted by atomic mass is 35.5. The zero-order valence-electron chi connectivity index (χ0n) is 20.4. The van der Waals surface area contributed by atoms with Crippen LogP contribution in [0.15, 0.2) is 77.1 Å². The van der Waals surface area contributed by atoms with E-state index in [0.29, 0.717) is 15.8 Å². The molecule has 2 atom stereocenters. The first-order valence-electron chi connectivity index (χ1n) is 11.5. The summed E-state index contributed by atoms with van der Waals surface area (Å²) in [5.41, 5.74) is 3.41. The number of carbonyl (C=O) groups is 2. The molecule has 4 aromatic rings. The lowest BCUT2D eigenvalue weighted by atomic mass is 9.86. The van der Waals surface area contributed by atoms with Crippen LogP contribution < -0.4 is 15.4 Å². The van der Waals surface area contributed by atoms with Gasteiger partial charge in [0.2, 0.25) is 11.4 Å². The van der Waals surface area contributed by atoms with Crippen molar-refractivity contribution in [3.63, 3.8) is 0 Å². The van der Waals surface area contributed by atoms with E-state index in [1.54, 1.807) is 11.3 Å². The fourth-order valence-electron chi connectivity index (χ4n) is 3.65. The largest absolute Gasteiger partial charge is 0.542 e. The molecule has 12 heteroatoms. The summed E-state index contributed by atoms with van der Waals surface area (Å²) in [4.78, 5) is 24.9. The van der Waals surface area contributed by atoms with Crippen molar-refractivity contribution >= 4 is 68.4 Å². The quantitative estimate of drug-likeness (QED) is 0.249. The Morgan fingerprint density at radius 2 is 1.56 bits per heavy atom. The third-order valence-electron chi connectivity index (χ3n) is 5.55. The lowest BCUT2D eigenvalue weighted by molar-refractivity contribution is -0.385. The Hall–Kier alpha value is -2.79. The minimum Gasteiger partial charge on any atom is -0.542 e. The summed E-state index contributed by atoms with van der Waals surface area (Å²) in [6, 6.07) is 23.8. The van der Waals surface area contributed by atoms with E-state index in [9.17, 15) is 18.0 Å². The fraction of sp³-hybridized carbons (Fsp3) is 0.222. The Bertz CT molecular complexity index is 1370. The van der Waals surface area contributed by atoms with Crippen LogP contribution in [0.5, 0.6) is 0 Å². The molecule has 1 aromatic heterocycles. The number of nitrogens with one attached hydrogen (secondary N) is 2. The van der Waals surface area contributed by atoms with E-state index in [0.717, 1.165) is 21.8 Å². The van der Waals surface area contributed by atoms with Gasteiger partial charge in [-0.05, 0) is 66.6 Å². The summed E-state index contributed by atoms with van der Waals surface area (Å²) in [7, 11) is 0. The Labute approximate surface area is 241 Å². The van der Waals surface area contributed by atoms with Crippen LogP contribution in [-0.2, 0) is 16.0 Å². The predicted octanol–water partition coefficient (Wildman–Crippen LogP) is 5.94. The number of amides is 1. The average Bonchev–Trinajstić information content (AvgIpc) is 3.31. The Balaban J connectivity index is 0.000000532. The maximum atomic E-state index is 12.7. The smallest absolute Gasteiger partial charge is 0.430 e. The Morgan fingerprint density at radius 3 is 2.13 bits per heavy atom. The second kappa shape index (κ2) is 14.0. The molecule has 0 aliphatic carbocycles. The highest BCUT2D eigenvalue weighted by Gasteiger charge is 2.29. The highest BCUT2D eigenvalue weighted by molar-refractivity contribution is 8.01. The molecule has 206 valence electrons.